The van der Waals surface area contributed by atoms with Crippen molar-refractivity contribution in [3.8, 4) is 0 Å². The van der Waals surface area contributed by atoms with Gasteiger partial charge in [0.15, 0.2) is 0 Å². The van der Waals surface area contributed by atoms with Gasteiger partial charge in [-0.05, 0) is 5.56 Å². The topological polar surface area (TPSA) is 72.5 Å². The van der Waals surface area contributed by atoms with Gasteiger partial charge in [0.1, 0.15) is 0 Å². The molecule has 0 unspecified atom stereocenters. The molecule has 0 bridgehead atoms. The first-order chi connectivity index (χ1) is 8.87. The minimum absolute atomic E-state index is 0.0670. The van der Waals surface area contributed by atoms with Crippen LogP contribution in [-0.4, -0.2) is 26.7 Å². The van der Waals surface area contributed by atoms with Crippen molar-refractivity contribution in [1.29, 1.82) is 0 Å². The van der Waals surface area contributed by atoms with Gasteiger partial charge in [0.05, 0.1) is 24.8 Å². The fourth-order valence-electron chi connectivity index (χ4n) is 2.34. The van der Waals surface area contributed by atoms with Crippen LogP contribution in [0.5, 0.6) is 0 Å². The van der Waals surface area contributed by atoms with Crippen LogP contribution < -0.4 is 5.32 Å². The molecule has 1 heterocycles. The maximum absolute atomic E-state index is 11.7. The Balaban J connectivity index is 2.24. The van der Waals surface area contributed by atoms with Crippen LogP contribution in [0.15, 0.2) is 30.3 Å². The number of nitrogens with one attached hydrogen (secondary N) is 1. The van der Waals surface area contributed by atoms with Crippen molar-refractivity contribution in [3.05, 3.63) is 35.9 Å². The van der Waals surface area contributed by atoms with Crippen LogP contribution in [0.2, 0.25) is 0 Å². The Hall–Kier alpha value is -1.40. The molecule has 1 aromatic rings. The average molecular weight is 283 g/mol. The van der Waals surface area contributed by atoms with Gasteiger partial charge >= 0.3 is 0 Å². The molecule has 104 valence electrons. The number of carbonyl (C=O) groups excluding carboxylic acids is 1. The Morgan fingerprint density at radius 3 is 2.47 bits per heavy atom. The summed E-state index contributed by atoms with van der Waals surface area (Å²) in [6.45, 7) is 1.88. The lowest BCUT2D eigenvalue weighted by Crippen LogP contribution is -2.46. The Morgan fingerprint density at radius 1 is 1.26 bits per heavy atom. The van der Waals surface area contributed by atoms with Crippen LogP contribution in [0.3, 0.4) is 0 Å². The van der Waals surface area contributed by atoms with Gasteiger partial charge in [-0.3, -0.25) is 8.98 Å². The molecule has 1 N–H and O–H groups in total. The minimum Gasteiger partial charge on any atom is -0.349 e. The zero-order chi connectivity index (χ0) is 14.0. The predicted octanol–water partition coefficient (Wildman–Crippen LogP) is 1.23. The van der Waals surface area contributed by atoms with E-state index in [1.165, 1.54) is 0 Å². The SMILES string of the molecule is C[C@@H]1[C@@H](OS(C)(=O)=O)CC(=O)N[C@H]1c1ccccc1. The lowest BCUT2D eigenvalue weighted by atomic mass is 9.85. The Bertz CT molecular complexity index is 555. The van der Waals surface area contributed by atoms with E-state index in [9.17, 15) is 13.2 Å². The third-order valence-electron chi connectivity index (χ3n) is 3.27. The second kappa shape index (κ2) is 5.30. The van der Waals surface area contributed by atoms with Crippen molar-refractivity contribution >= 4 is 16.0 Å². The Labute approximate surface area is 113 Å². The third-order valence-corrected chi connectivity index (χ3v) is 3.87. The van der Waals surface area contributed by atoms with Crippen molar-refractivity contribution in [2.45, 2.75) is 25.5 Å². The van der Waals surface area contributed by atoms with Gasteiger partial charge < -0.3 is 5.32 Å². The summed E-state index contributed by atoms with van der Waals surface area (Å²) >= 11 is 0. The molecule has 3 atom stereocenters. The number of piperidine rings is 1. The number of carbonyl (C=O) groups is 1. The van der Waals surface area contributed by atoms with Crippen molar-refractivity contribution in [1.82, 2.24) is 5.32 Å². The summed E-state index contributed by atoms with van der Waals surface area (Å²) in [6, 6.07) is 9.25. The second-order valence-electron chi connectivity index (χ2n) is 4.86. The smallest absolute Gasteiger partial charge is 0.264 e. The molecule has 1 fully saturated rings. The van der Waals surface area contributed by atoms with Gasteiger partial charge in [0.2, 0.25) is 5.91 Å². The third kappa shape index (κ3) is 3.54. The van der Waals surface area contributed by atoms with Crippen molar-refractivity contribution < 1.29 is 17.4 Å². The number of benzene rings is 1. The second-order valence-corrected chi connectivity index (χ2v) is 6.46. The average Bonchev–Trinajstić information content (AvgIpc) is 2.32. The highest BCUT2D eigenvalue weighted by Crippen LogP contribution is 2.31. The number of rotatable bonds is 3. The first kappa shape index (κ1) is 14.0. The van der Waals surface area contributed by atoms with E-state index in [1.807, 2.05) is 37.3 Å². The Kier molecular flexibility index (Phi) is 3.91. The van der Waals surface area contributed by atoms with Crippen molar-refractivity contribution in [2.75, 3.05) is 6.26 Å². The van der Waals surface area contributed by atoms with Crippen LogP contribution in [-0.2, 0) is 19.1 Å². The summed E-state index contributed by atoms with van der Waals surface area (Å²) in [5, 5.41) is 2.88. The van der Waals surface area contributed by atoms with Crippen LogP contribution >= 0.6 is 0 Å². The highest BCUT2D eigenvalue weighted by Gasteiger charge is 2.37. The molecule has 2 rings (SSSR count). The van der Waals surface area contributed by atoms with Crippen LogP contribution in [0.1, 0.15) is 24.9 Å². The maximum Gasteiger partial charge on any atom is 0.264 e. The van der Waals surface area contributed by atoms with E-state index in [0.717, 1.165) is 11.8 Å². The fourth-order valence-corrected chi connectivity index (χ4v) is 3.03. The molecule has 1 aromatic carbocycles. The first-order valence-electron chi connectivity index (χ1n) is 6.09. The summed E-state index contributed by atoms with van der Waals surface area (Å²) in [7, 11) is -3.57. The van der Waals surface area contributed by atoms with E-state index >= 15 is 0 Å². The lowest BCUT2D eigenvalue weighted by Gasteiger charge is -2.35. The van der Waals surface area contributed by atoms with Crippen LogP contribution in [0.4, 0.5) is 0 Å². The zero-order valence-electron chi connectivity index (χ0n) is 10.9. The summed E-state index contributed by atoms with van der Waals surface area (Å²) in [5.74, 6) is -0.310. The molecule has 0 saturated carbocycles. The molecule has 0 aromatic heterocycles. The molecule has 1 aliphatic heterocycles. The van der Waals surface area contributed by atoms with Gasteiger partial charge in [0, 0.05) is 5.92 Å². The van der Waals surface area contributed by atoms with Gasteiger partial charge in [0.25, 0.3) is 10.1 Å². The number of amides is 1. The van der Waals surface area contributed by atoms with Gasteiger partial charge in [-0.15, -0.1) is 0 Å². The molecule has 1 aliphatic rings. The van der Waals surface area contributed by atoms with Gasteiger partial charge in [-0.1, -0.05) is 37.3 Å². The van der Waals surface area contributed by atoms with E-state index in [2.05, 4.69) is 5.32 Å². The largest absolute Gasteiger partial charge is 0.349 e. The normalized spacial score (nSPS) is 27.9. The van der Waals surface area contributed by atoms with Crippen molar-refractivity contribution in [2.24, 2.45) is 5.92 Å². The van der Waals surface area contributed by atoms with E-state index in [-0.39, 0.29) is 24.3 Å². The summed E-state index contributed by atoms with van der Waals surface area (Å²) < 4.78 is 27.5. The number of hydrogen-bond acceptors (Lipinski definition) is 4. The molecule has 0 radical (unpaired) electrons. The maximum atomic E-state index is 11.7. The minimum atomic E-state index is -3.57. The van der Waals surface area contributed by atoms with E-state index in [4.69, 9.17) is 4.18 Å². The summed E-state index contributed by atoms with van der Waals surface area (Å²) in [6.07, 6.45) is 0.454. The molecule has 0 spiro atoms. The molecule has 1 amide bonds. The predicted molar refractivity (Wildman–Crippen MR) is 70.8 cm³/mol. The summed E-state index contributed by atoms with van der Waals surface area (Å²) in [4.78, 5) is 11.7. The molecular weight excluding hydrogens is 266 g/mol. The Morgan fingerprint density at radius 2 is 1.89 bits per heavy atom. The van der Waals surface area contributed by atoms with Crippen molar-refractivity contribution in [3.63, 3.8) is 0 Å². The highest BCUT2D eigenvalue weighted by atomic mass is 32.2. The molecular formula is C13H17NO4S. The fraction of sp³-hybridized carbons (Fsp3) is 0.462. The number of hydrogen-bond donors (Lipinski definition) is 1. The molecule has 5 nitrogen and oxygen atoms in total. The molecule has 0 aliphatic carbocycles. The van der Waals surface area contributed by atoms with Crippen LogP contribution in [0.25, 0.3) is 0 Å². The van der Waals surface area contributed by atoms with E-state index in [0.29, 0.717) is 0 Å². The monoisotopic (exact) mass is 283 g/mol. The zero-order valence-corrected chi connectivity index (χ0v) is 11.7. The molecule has 6 heteroatoms. The molecule has 1 saturated heterocycles. The lowest BCUT2D eigenvalue weighted by molar-refractivity contribution is -0.127. The standard InChI is InChI=1S/C13H17NO4S/c1-9-11(18-19(2,16)17)8-12(15)14-13(9)10-6-4-3-5-7-10/h3-7,9,11,13H,8H2,1-2H3,(H,14,15)/t9-,11+,13-/m1/s1. The van der Waals surface area contributed by atoms with Gasteiger partial charge in [-0.25, -0.2) is 0 Å². The summed E-state index contributed by atoms with van der Waals surface area (Å²) in [5.41, 5.74) is 0.949. The van der Waals surface area contributed by atoms with Gasteiger partial charge in [-0.2, -0.15) is 8.42 Å². The van der Waals surface area contributed by atoms with E-state index < -0.39 is 16.2 Å². The molecule has 19 heavy (non-hydrogen) atoms. The van der Waals surface area contributed by atoms with E-state index in [1.54, 1.807) is 0 Å². The highest BCUT2D eigenvalue weighted by molar-refractivity contribution is 7.86. The first-order valence-corrected chi connectivity index (χ1v) is 7.91. The quantitative estimate of drug-likeness (QED) is 0.847. The van der Waals surface area contributed by atoms with Crippen LogP contribution in [0, 0.1) is 5.92 Å².